The lowest BCUT2D eigenvalue weighted by Crippen LogP contribution is -2.29. The quantitative estimate of drug-likeness (QED) is 0.247. The van der Waals surface area contributed by atoms with Gasteiger partial charge in [0.05, 0.1) is 44.3 Å². The number of hydrogen-bond donors (Lipinski definition) is 3. The van der Waals surface area contributed by atoms with Gasteiger partial charge in [0.25, 0.3) is 5.91 Å². The Bertz CT molecular complexity index is 1480. The number of nitrogens with one attached hydrogen (secondary N) is 1. The molecule has 0 aliphatic heterocycles. The van der Waals surface area contributed by atoms with Crippen LogP contribution >= 0.6 is 11.8 Å². The molecule has 1 aliphatic carbocycles. The van der Waals surface area contributed by atoms with Crippen LogP contribution in [0.25, 0.3) is 11.1 Å². The number of carbonyl (C=O) groups excluding carboxylic acids is 1. The molecule has 0 bridgehead atoms. The minimum Gasteiger partial charge on any atom is -0.493 e. The summed E-state index contributed by atoms with van der Waals surface area (Å²) in [4.78, 5) is 32.0. The third-order valence-corrected chi connectivity index (χ3v) is 7.55. The lowest BCUT2D eigenvalue weighted by molar-refractivity contribution is -0.497. The largest absolute Gasteiger partial charge is 0.493 e. The van der Waals surface area contributed by atoms with Crippen molar-refractivity contribution in [3.8, 4) is 28.4 Å². The highest BCUT2D eigenvalue weighted by atomic mass is 32.2. The Hall–Kier alpha value is -3.61. The average Bonchev–Trinajstić information content (AvgIpc) is 3.18. The fraction of sp³-hybridized carbons (Fsp3) is 0.310. The molecule has 11 heteroatoms. The van der Waals surface area contributed by atoms with E-state index in [1.165, 1.54) is 11.8 Å². The number of aryl methyl sites for hydroxylation is 2. The molecular formula is C29H32N2O8S. The highest BCUT2D eigenvalue weighted by Crippen LogP contribution is 2.50. The summed E-state index contributed by atoms with van der Waals surface area (Å²) in [5.41, 5.74) is 4.72. The monoisotopic (exact) mass is 568 g/mol. The van der Waals surface area contributed by atoms with Crippen LogP contribution in [0.4, 0.5) is 0 Å². The minimum absolute atomic E-state index is 0.146. The topological polar surface area (TPSA) is 127 Å². The second-order valence-corrected chi connectivity index (χ2v) is 10.1. The zero-order valence-corrected chi connectivity index (χ0v) is 23.8. The van der Waals surface area contributed by atoms with Crippen molar-refractivity contribution in [1.29, 1.82) is 0 Å². The van der Waals surface area contributed by atoms with Gasteiger partial charge >= 0.3 is 0 Å². The average molecular weight is 569 g/mol. The van der Waals surface area contributed by atoms with Crippen molar-refractivity contribution < 1.29 is 34.3 Å². The van der Waals surface area contributed by atoms with E-state index in [2.05, 4.69) is 5.32 Å². The Morgan fingerprint density at radius 3 is 2.45 bits per heavy atom. The van der Waals surface area contributed by atoms with E-state index >= 15 is 0 Å². The second-order valence-electron chi connectivity index (χ2n) is 9.26. The van der Waals surface area contributed by atoms with Gasteiger partial charge < -0.3 is 19.5 Å². The number of nitrogens with zero attached hydrogens (tertiary/aromatic N) is 1. The van der Waals surface area contributed by atoms with E-state index in [-0.39, 0.29) is 23.3 Å². The summed E-state index contributed by atoms with van der Waals surface area (Å²) >= 11 is 1.35. The summed E-state index contributed by atoms with van der Waals surface area (Å²) in [7, 11) is 4.66. The molecule has 0 radical (unpaired) electrons. The van der Waals surface area contributed by atoms with Crippen molar-refractivity contribution in [2.45, 2.75) is 37.3 Å². The van der Waals surface area contributed by atoms with Gasteiger partial charge in [0.2, 0.25) is 5.75 Å². The first kappa shape index (κ1) is 29.4. The lowest BCUT2D eigenvalue weighted by atomic mass is 9.95. The number of rotatable bonds is 9. The second kappa shape index (κ2) is 12.7. The van der Waals surface area contributed by atoms with E-state index in [0.29, 0.717) is 51.7 Å². The number of hydrogen-bond acceptors (Lipinski definition) is 10. The molecule has 0 spiro atoms. The van der Waals surface area contributed by atoms with Crippen LogP contribution in [0.15, 0.2) is 52.2 Å². The van der Waals surface area contributed by atoms with E-state index in [0.717, 1.165) is 22.3 Å². The van der Waals surface area contributed by atoms with Gasteiger partial charge in [0.15, 0.2) is 16.9 Å². The van der Waals surface area contributed by atoms with E-state index < -0.39 is 6.04 Å². The number of ether oxygens (including phenoxy) is 3. The van der Waals surface area contributed by atoms with Gasteiger partial charge in [-0.2, -0.15) is 0 Å². The van der Waals surface area contributed by atoms with Gasteiger partial charge in [-0.05, 0) is 84.2 Å². The van der Waals surface area contributed by atoms with Gasteiger partial charge in [-0.3, -0.25) is 20.0 Å². The molecular weight excluding hydrogens is 536 g/mol. The van der Waals surface area contributed by atoms with Crippen molar-refractivity contribution in [3.63, 3.8) is 0 Å². The molecule has 1 atom stereocenters. The first-order chi connectivity index (χ1) is 19.2. The summed E-state index contributed by atoms with van der Waals surface area (Å²) in [5.74, 6) is 1.10. The number of fused-ring (bicyclic) bond motifs is 3. The summed E-state index contributed by atoms with van der Waals surface area (Å²) in [6.07, 6.45) is 2.92. The number of thioether (sulfide) groups is 1. The minimum atomic E-state index is -0.503. The third kappa shape index (κ3) is 6.08. The van der Waals surface area contributed by atoms with Crippen LogP contribution in [0.1, 0.15) is 45.1 Å². The summed E-state index contributed by atoms with van der Waals surface area (Å²) in [6, 6.07) is 11.8. The van der Waals surface area contributed by atoms with E-state index in [4.69, 9.17) is 29.5 Å². The predicted octanol–water partition coefficient (Wildman–Crippen LogP) is 4.70. The standard InChI is InChI=1S/C29H32N2O8S/c1-16-10-17(15-39-31(34)35)12-19(11-16)29(33)30-22-8-6-18-13-24(36-2)27(37-3)28(38-4)26(18)20-7-9-25(40-5)23(32)14-21(20)22/h7,9-14,22,34-35H,6,8,15H2,1-5H3,(H,30,33)/t22-/m0/s1. The number of benzene rings is 2. The molecule has 0 fully saturated rings. The van der Waals surface area contributed by atoms with Crippen molar-refractivity contribution >= 4 is 17.7 Å². The normalized spacial score (nSPS) is 14.2. The molecule has 0 saturated carbocycles. The fourth-order valence-corrected chi connectivity index (χ4v) is 5.53. The molecule has 3 aromatic carbocycles. The van der Waals surface area contributed by atoms with Gasteiger partial charge in [-0.1, -0.05) is 12.1 Å². The molecule has 40 heavy (non-hydrogen) atoms. The summed E-state index contributed by atoms with van der Waals surface area (Å²) < 4.78 is 17.1. The number of carbonyl (C=O) groups is 1. The maximum atomic E-state index is 13.6. The molecule has 0 aromatic heterocycles. The predicted molar refractivity (Wildman–Crippen MR) is 149 cm³/mol. The summed E-state index contributed by atoms with van der Waals surface area (Å²) in [6.45, 7) is 1.68. The van der Waals surface area contributed by atoms with Crippen molar-refractivity contribution in [3.05, 3.63) is 80.5 Å². The highest BCUT2D eigenvalue weighted by molar-refractivity contribution is 7.98. The Balaban J connectivity index is 1.84. The molecule has 1 aliphatic rings. The Morgan fingerprint density at radius 1 is 1.05 bits per heavy atom. The molecule has 0 unspecified atom stereocenters. The molecule has 1 amide bonds. The maximum absolute atomic E-state index is 13.6. The maximum Gasteiger partial charge on any atom is 0.251 e. The lowest BCUT2D eigenvalue weighted by Gasteiger charge is -2.20. The zero-order valence-electron chi connectivity index (χ0n) is 22.9. The fourth-order valence-electron chi connectivity index (χ4n) is 5.07. The SMILES string of the molecule is COc1cc2c(c(OC)c1OC)-c1ccc(SC)c(=O)cc1[C@@H](NC(=O)c1cc(C)cc(CON(O)O)c1)CC2. The van der Waals surface area contributed by atoms with Crippen LogP contribution < -0.4 is 25.0 Å². The molecule has 0 saturated heterocycles. The van der Waals surface area contributed by atoms with Gasteiger partial charge in [0, 0.05) is 11.1 Å². The number of amides is 1. The van der Waals surface area contributed by atoms with Crippen LogP contribution in [0.2, 0.25) is 0 Å². The van der Waals surface area contributed by atoms with Crippen LogP contribution in [-0.2, 0) is 17.9 Å². The first-order valence-corrected chi connectivity index (χ1v) is 13.7. The van der Waals surface area contributed by atoms with Crippen LogP contribution in [-0.4, -0.2) is 49.3 Å². The van der Waals surface area contributed by atoms with E-state index in [1.807, 2.05) is 25.3 Å². The number of methoxy groups -OCH3 is 3. The highest BCUT2D eigenvalue weighted by Gasteiger charge is 2.30. The first-order valence-electron chi connectivity index (χ1n) is 12.5. The van der Waals surface area contributed by atoms with Crippen LogP contribution in [0.3, 0.4) is 0 Å². The Labute approximate surface area is 236 Å². The Morgan fingerprint density at radius 2 is 1.80 bits per heavy atom. The molecule has 0 heterocycles. The summed E-state index contributed by atoms with van der Waals surface area (Å²) in [5, 5.41) is 20.5. The van der Waals surface area contributed by atoms with Gasteiger partial charge in [0.1, 0.15) is 0 Å². The molecule has 212 valence electrons. The zero-order chi connectivity index (χ0) is 29.0. The van der Waals surface area contributed by atoms with Crippen LogP contribution in [0, 0.1) is 6.92 Å². The van der Waals surface area contributed by atoms with Gasteiger partial charge in [-0.25, -0.2) is 4.84 Å². The molecule has 3 N–H and O–H groups in total. The molecule has 4 rings (SSSR count). The van der Waals surface area contributed by atoms with Crippen molar-refractivity contribution in [2.75, 3.05) is 27.6 Å². The van der Waals surface area contributed by atoms with Gasteiger partial charge in [-0.15, -0.1) is 11.8 Å². The van der Waals surface area contributed by atoms with Crippen LogP contribution in [0.5, 0.6) is 17.2 Å². The Kier molecular flexibility index (Phi) is 9.33. The van der Waals surface area contributed by atoms with Crippen molar-refractivity contribution in [2.24, 2.45) is 0 Å². The third-order valence-electron chi connectivity index (χ3n) is 6.77. The van der Waals surface area contributed by atoms with E-state index in [1.54, 1.807) is 51.7 Å². The van der Waals surface area contributed by atoms with Crippen molar-refractivity contribution in [1.82, 2.24) is 10.7 Å². The molecule has 10 nitrogen and oxygen atoms in total. The van der Waals surface area contributed by atoms with E-state index in [9.17, 15) is 9.59 Å². The smallest absolute Gasteiger partial charge is 0.251 e. The molecule has 3 aromatic rings.